The Kier molecular flexibility index (Phi) is 11.0. The highest BCUT2D eigenvalue weighted by atomic mass is 19.1. The molecule has 2 aliphatic heterocycles. The first-order valence-electron chi connectivity index (χ1n) is 20.1. The molecule has 0 radical (unpaired) electrons. The molecule has 2 saturated carbocycles. The van der Waals surface area contributed by atoms with Crippen LogP contribution in [0.15, 0.2) is 84.5 Å². The molecule has 2 aromatic carbocycles. The Hall–Kier alpha value is -4.47. The maximum atomic E-state index is 15.4. The number of fused-ring (bicyclic) bond motifs is 8. The molecule has 2 aromatic rings. The van der Waals surface area contributed by atoms with Crippen LogP contribution in [-0.2, 0) is 38.0 Å². The molecule has 0 spiro atoms. The van der Waals surface area contributed by atoms with Crippen molar-refractivity contribution >= 4 is 23.8 Å². The zero-order chi connectivity index (χ0) is 42.9. The SMILES string of the molecule is C=C[C@@H]1O[C@@H]2C3=C(C)[C@@H](OC(=O)[C@](C)(O)[C@@H](NC(=O)c4ccccc4)[C@H](C)F)C[C@@](O)([C@@H](OC(=O)c4ccccc4)[C@H]4[C@@](C)(CC[C@H]5OC[C@]54OC(C)=O)[C@@H]2O1)C3(C)C. The molecule has 3 aliphatic carbocycles. The van der Waals surface area contributed by atoms with E-state index in [2.05, 4.69) is 11.9 Å². The van der Waals surface area contributed by atoms with Gasteiger partial charge >= 0.3 is 17.9 Å². The number of hydrogen-bond acceptors (Lipinski definition) is 12. The van der Waals surface area contributed by atoms with E-state index in [1.165, 1.54) is 25.1 Å². The maximum absolute atomic E-state index is 15.4. The largest absolute Gasteiger partial charge is 0.456 e. The molecule has 14 heteroatoms. The summed E-state index contributed by atoms with van der Waals surface area (Å²) in [5.74, 6) is -4.34. The van der Waals surface area contributed by atoms with Crippen molar-refractivity contribution in [3.05, 3.63) is 95.6 Å². The molecule has 13 nitrogen and oxygen atoms in total. The lowest BCUT2D eigenvalue weighted by Gasteiger charge is -2.68. The third kappa shape index (κ3) is 6.80. The monoisotopic (exact) mass is 819 g/mol. The number of ether oxygens (including phenoxy) is 6. The van der Waals surface area contributed by atoms with Crippen LogP contribution in [0.4, 0.5) is 4.39 Å². The zero-order valence-corrected chi connectivity index (χ0v) is 34.4. The normalized spacial score (nSPS) is 36.3. The van der Waals surface area contributed by atoms with Gasteiger partial charge in [0.25, 0.3) is 5.91 Å². The van der Waals surface area contributed by atoms with Crippen molar-refractivity contribution < 1.29 is 62.2 Å². The maximum Gasteiger partial charge on any atom is 0.340 e. The van der Waals surface area contributed by atoms with Crippen molar-refractivity contribution in [3.8, 4) is 0 Å². The van der Waals surface area contributed by atoms with Gasteiger partial charge in [-0.15, -0.1) is 0 Å². The predicted octanol–water partition coefficient (Wildman–Crippen LogP) is 4.94. The van der Waals surface area contributed by atoms with E-state index in [1.807, 2.05) is 6.92 Å². The fourth-order valence-electron chi connectivity index (χ4n) is 10.6. The van der Waals surface area contributed by atoms with Crippen LogP contribution >= 0.6 is 0 Å². The molecule has 3 N–H and O–H groups in total. The molecule has 5 aliphatic rings. The summed E-state index contributed by atoms with van der Waals surface area (Å²) in [6.45, 7) is 14.5. The summed E-state index contributed by atoms with van der Waals surface area (Å²) in [7, 11) is 0. The van der Waals surface area contributed by atoms with E-state index in [0.717, 1.165) is 13.8 Å². The average molecular weight is 820 g/mol. The van der Waals surface area contributed by atoms with Gasteiger partial charge in [0.1, 0.15) is 36.2 Å². The first-order chi connectivity index (χ1) is 27.7. The highest BCUT2D eigenvalue weighted by molar-refractivity contribution is 5.95. The lowest BCUT2D eigenvalue weighted by atomic mass is 9.45. The van der Waals surface area contributed by atoms with Gasteiger partial charge in [0.15, 0.2) is 17.5 Å². The summed E-state index contributed by atoms with van der Waals surface area (Å²) in [5, 5.41) is 28.0. The van der Waals surface area contributed by atoms with Crippen molar-refractivity contribution in [3.63, 3.8) is 0 Å². The number of carbonyl (C=O) groups is 4. The van der Waals surface area contributed by atoms with Gasteiger partial charge in [0, 0.05) is 29.7 Å². The Morgan fingerprint density at radius 2 is 1.64 bits per heavy atom. The van der Waals surface area contributed by atoms with E-state index >= 15 is 4.39 Å². The third-order valence-electron chi connectivity index (χ3n) is 13.8. The van der Waals surface area contributed by atoms with Gasteiger partial charge in [-0.3, -0.25) is 9.59 Å². The van der Waals surface area contributed by atoms with Crippen LogP contribution in [0.2, 0.25) is 0 Å². The van der Waals surface area contributed by atoms with Gasteiger partial charge in [0.2, 0.25) is 0 Å². The fraction of sp³-hybridized carbons (Fsp3) is 0.556. The second-order valence-corrected chi connectivity index (χ2v) is 17.7. The summed E-state index contributed by atoms with van der Waals surface area (Å²) in [5.41, 5.74) is -7.12. The highest BCUT2D eigenvalue weighted by Gasteiger charge is 2.77. The van der Waals surface area contributed by atoms with E-state index in [9.17, 15) is 29.4 Å². The number of halogens is 1. The topological polar surface area (TPSA) is 176 Å². The molecule has 2 saturated heterocycles. The summed E-state index contributed by atoms with van der Waals surface area (Å²) >= 11 is 0. The van der Waals surface area contributed by atoms with Crippen LogP contribution < -0.4 is 5.32 Å². The number of carbonyl (C=O) groups excluding carboxylic acids is 4. The number of hydrogen-bond donors (Lipinski definition) is 3. The predicted molar refractivity (Wildman–Crippen MR) is 209 cm³/mol. The van der Waals surface area contributed by atoms with Crippen molar-refractivity contribution in [1.82, 2.24) is 5.32 Å². The fourth-order valence-corrected chi connectivity index (χ4v) is 10.6. The molecule has 4 fully saturated rings. The second-order valence-electron chi connectivity index (χ2n) is 17.7. The van der Waals surface area contributed by atoms with Crippen molar-refractivity contribution in [2.24, 2.45) is 16.7 Å². The van der Waals surface area contributed by atoms with Crippen LogP contribution in [0.1, 0.15) is 88.4 Å². The standard InChI is InChI=1S/C45H54FNO12/c1-9-31-56-33-32-24(2)29(55-40(51)43(8,52)35(25(3)46)47-38(49)27-16-12-10-13-17-27)22-45(53,41(32,5)6)37(58-39(50)28-18-14-11-15-19-28)34-42(7,36(33)57-31)21-20-30-44(34,23-54-30)59-26(4)48/h9-19,25,29-31,33-37,52-53H,1,20-23H2,2-8H3,(H,47,49)/t25-,29-,30+,31+,33+,34-,35-,36+,37-,42+,43+,44-,45+/m0/s1. The van der Waals surface area contributed by atoms with Gasteiger partial charge in [-0.1, -0.05) is 63.7 Å². The number of rotatable bonds is 10. The van der Waals surface area contributed by atoms with Crippen molar-refractivity contribution in [2.45, 2.75) is 134 Å². The minimum atomic E-state index is -2.62. The number of alkyl halides is 1. The molecule has 59 heavy (non-hydrogen) atoms. The van der Waals surface area contributed by atoms with Gasteiger partial charge in [-0.05, 0) is 75.1 Å². The number of amides is 1. The first-order valence-corrected chi connectivity index (χ1v) is 20.1. The first kappa shape index (κ1) is 42.6. The van der Waals surface area contributed by atoms with E-state index in [4.69, 9.17) is 28.4 Å². The van der Waals surface area contributed by atoms with E-state index in [0.29, 0.717) is 24.0 Å². The van der Waals surface area contributed by atoms with E-state index in [1.54, 1.807) is 69.3 Å². The zero-order valence-electron chi connectivity index (χ0n) is 34.4. The molecule has 7 rings (SSSR count). The Morgan fingerprint density at radius 3 is 2.20 bits per heavy atom. The summed E-state index contributed by atoms with van der Waals surface area (Å²) in [4.78, 5) is 54.8. The Morgan fingerprint density at radius 1 is 1.02 bits per heavy atom. The van der Waals surface area contributed by atoms with E-state index < -0.39 is 106 Å². The highest BCUT2D eigenvalue weighted by Crippen LogP contribution is 2.66. The quantitative estimate of drug-likeness (QED) is 0.168. The minimum absolute atomic E-state index is 0.0585. The number of aliphatic hydroxyl groups is 2. The third-order valence-corrected chi connectivity index (χ3v) is 13.8. The lowest BCUT2D eigenvalue weighted by Crippen LogP contribution is -2.79. The molecule has 2 bridgehead atoms. The average Bonchev–Trinajstić information content (AvgIpc) is 3.61. The van der Waals surface area contributed by atoms with Gasteiger partial charge < -0.3 is 44.0 Å². The van der Waals surface area contributed by atoms with Crippen molar-refractivity contribution in [1.29, 1.82) is 0 Å². The summed E-state index contributed by atoms with van der Waals surface area (Å²) in [6.07, 6.45) is -5.94. The van der Waals surface area contributed by atoms with Crippen molar-refractivity contribution in [2.75, 3.05) is 6.61 Å². The second kappa shape index (κ2) is 15.2. The molecule has 1 amide bonds. The lowest BCUT2D eigenvalue weighted by molar-refractivity contribution is -0.345. The van der Waals surface area contributed by atoms with Crippen LogP contribution in [-0.4, -0.2) is 106 Å². The molecule has 0 aromatic heterocycles. The molecule has 0 unspecified atom stereocenters. The smallest absolute Gasteiger partial charge is 0.340 e. The molecule has 2 heterocycles. The molecular formula is C45H54FNO12. The number of esters is 3. The Bertz CT molecular complexity index is 2020. The Balaban J connectivity index is 1.37. The summed E-state index contributed by atoms with van der Waals surface area (Å²) in [6, 6.07) is 14.5. The molecule has 318 valence electrons. The van der Waals surface area contributed by atoms with Crippen LogP contribution in [0.5, 0.6) is 0 Å². The van der Waals surface area contributed by atoms with Gasteiger partial charge in [-0.25, -0.2) is 14.0 Å². The molecule has 13 atom stereocenters. The molecular weight excluding hydrogens is 765 g/mol. The van der Waals surface area contributed by atoms with Crippen LogP contribution in [0.3, 0.4) is 0 Å². The van der Waals surface area contributed by atoms with E-state index in [-0.39, 0.29) is 24.2 Å². The minimum Gasteiger partial charge on any atom is -0.456 e. The summed E-state index contributed by atoms with van der Waals surface area (Å²) < 4.78 is 53.7. The van der Waals surface area contributed by atoms with Gasteiger partial charge in [0.05, 0.1) is 30.2 Å². The number of benzene rings is 2. The van der Waals surface area contributed by atoms with Crippen LogP contribution in [0, 0.1) is 16.7 Å². The Labute approximate surface area is 343 Å². The van der Waals surface area contributed by atoms with Gasteiger partial charge in [-0.2, -0.15) is 0 Å². The number of nitrogens with one attached hydrogen (secondary N) is 1. The van der Waals surface area contributed by atoms with Crippen LogP contribution in [0.25, 0.3) is 0 Å².